The first-order valence-corrected chi connectivity index (χ1v) is 8.02. The number of carbonyl (C=O) groups excluding carboxylic acids is 1. The molecule has 2 aromatic rings. The van der Waals surface area contributed by atoms with Crippen molar-refractivity contribution in [2.45, 2.75) is 12.6 Å². The van der Waals surface area contributed by atoms with Gasteiger partial charge in [-0.25, -0.2) is 0 Å². The Labute approximate surface area is 137 Å². The van der Waals surface area contributed by atoms with Gasteiger partial charge in [0, 0.05) is 31.7 Å². The fourth-order valence-electron chi connectivity index (χ4n) is 3.07. The van der Waals surface area contributed by atoms with Crippen LogP contribution in [-0.4, -0.2) is 42.4 Å². The summed E-state index contributed by atoms with van der Waals surface area (Å²) in [5.74, 6) is 0.0931. The van der Waals surface area contributed by atoms with Crippen LogP contribution in [0.3, 0.4) is 0 Å². The molecule has 2 aromatic carbocycles. The van der Waals surface area contributed by atoms with E-state index in [1.165, 1.54) is 5.56 Å². The van der Waals surface area contributed by atoms with Gasteiger partial charge in [0.1, 0.15) is 0 Å². The lowest BCUT2D eigenvalue weighted by Gasteiger charge is -2.40. The highest BCUT2D eigenvalue weighted by Crippen LogP contribution is 2.26. The molecule has 120 valence electrons. The second-order valence-corrected chi connectivity index (χ2v) is 6.09. The first-order chi connectivity index (χ1) is 11.2. The van der Waals surface area contributed by atoms with Crippen molar-refractivity contribution in [3.63, 3.8) is 0 Å². The van der Waals surface area contributed by atoms with E-state index < -0.39 is 0 Å². The van der Waals surface area contributed by atoms with Crippen molar-refractivity contribution < 1.29 is 4.79 Å². The molecule has 2 N–H and O–H groups in total. The van der Waals surface area contributed by atoms with Crippen LogP contribution in [0.2, 0.25) is 0 Å². The van der Waals surface area contributed by atoms with Crippen molar-refractivity contribution in [2.75, 3.05) is 26.7 Å². The maximum Gasteiger partial charge on any atom is 0.254 e. The van der Waals surface area contributed by atoms with Gasteiger partial charge in [-0.3, -0.25) is 4.79 Å². The van der Waals surface area contributed by atoms with Gasteiger partial charge in [0.2, 0.25) is 0 Å². The van der Waals surface area contributed by atoms with E-state index >= 15 is 0 Å². The lowest BCUT2D eigenvalue weighted by atomic mass is 10.0. The van der Waals surface area contributed by atoms with E-state index in [9.17, 15) is 4.79 Å². The normalized spacial score (nSPS) is 18.9. The van der Waals surface area contributed by atoms with Crippen molar-refractivity contribution >= 4 is 5.91 Å². The quantitative estimate of drug-likeness (QED) is 0.946. The topological polar surface area (TPSA) is 49.6 Å². The number of likely N-dealkylation sites (N-methyl/N-ethyl adjacent to an activating group) is 1. The Morgan fingerprint density at radius 2 is 1.78 bits per heavy atom. The van der Waals surface area contributed by atoms with Gasteiger partial charge in [-0.2, -0.15) is 0 Å². The van der Waals surface area contributed by atoms with Gasteiger partial charge < -0.3 is 15.5 Å². The molecular weight excluding hydrogens is 286 g/mol. The molecule has 4 heteroatoms. The molecule has 0 aliphatic carbocycles. The Balaban J connectivity index is 1.86. The largest absolute Gasteiger partial charge is 0.329 e. The molecule has 1 fully saturated rings. The zero-order chi connectivity index (χ0) is 16.2. The van der Waals surface area contributed by atoms with Crippen LogP contribution >= 0.6 is 0 Å². The standard InChI is InChI=1S/C19H23N3O/c1-21-11-12-22(18(14-21)16-5-3-2-4-6-16)19(23)17-9-7-15(13-20)8-10-17/h2-10,18H,11-14,20H2,1H3. The monoisotopic (exact) mass is 309 g/mol. The second kappa shape index (κ2) is 6.94. The van der Waals surface area contributed by atoms with E-state index in [0.717, 1.165) is 30.8 Å². The fraction of sp³-hybridized carbons (Fsp3) is 0.316. The van der Waals surface area contributed by atoms with E-state index in [1.54, 1.807) is 0 Å². The van der Waals surface area contributed by atoms with Crippen molar-refractivity contribution in [3.8, 4) is 0 Å². The van der Waals surface area contributed by atoms with Crippen LogP contribution in [0.5, 0.6) is 0 Å². The van der Waals surface area contributed by atoms with Crippen molar-refractivity contribution in [3.05, 3.63) is 71.3 Å². The van der Waals surface area contributed by atoms with E-state index in [2.05, 4.69) is 24.1 Å². The minimum atomic E-state index is 0.0931. The van der Waals surface area contributed by atoms with E-state index in [4.69, 9.17) is 5.73 Å². The van der Waals surface area contributed by atoms with E-state index in [1.807, 2.05) is 47.4 Å². The van der Waals surface area contributed by atoms with Gasteiger partial charge in [0.05, 0.1) is 6.04 Å². The molecule has 1 saturated heterocycles. The summed E-state index contributed by atoms with van der Waals surface area (Å²) in [5, 5.41) is 0. The molecule has 1 amide bonds. The maximum absolute atomic E-state index is 13.0. The molecule has 1 aliphatic rings. The Morgan fingerprint density at radius 3 is 2.43 bits per heavy atom. The lowest BCUT2D eigenvalue weighted by molar-refractivity contribution is 0.0498. The second-order valence-electron chi connectivity index (χ2n) is 6.09. The van der Waals surface area contributed by atoms with Crippen LogP contribution in [0.15, 0.2) is 54.6 Å². The third-order valence-corrected chi connectivity index (χ3v) is 4.47. The van der Waals surface area contributed by atoms with Crippen LogP contribution in [-0.2, 0) is 6.54 Å². The third-order valence-electron chi connectivity index (χ3n) is 4.47. The minimum absolute atomic E-state index is 0.0931. The SMILES string of the molecule is CN1CCN(C(=O)c2ccc(CN)cc2)C(c2ccccc2)C1. The van der Waals surface area contributed by atoms with Gasteiger partial charge in [-0.1, -0.05) is 42.5 Å². The molecule has 0 aromatic heterocycles. The number of hydrogen-bond donors (Lipinski definition) is 1. The zero-order valence-corrected chi connectivity index (χ0v) is 13.5. The van der Waals surface area contributed by atoms with Crippen LogP contribution in [0.4, 0.5) is 0 Å². The number of carbonyl (C=O) groups is 1. The highest BCUT2D eigenvalue weighted by molar-refractivity contribution is 5.94. The highest BCUT2D eigenvalue weighted by atomic mass is 16.2. The number of nitrogens with zero attached hydrogens (tertiary/aromatic N) is 2. The summed E-state index contributed by atoms with van der Waals surface area (Å²) >= 11 is 0. The van der Waals surface area contributed by atoms with Crippen molar-refractivity contribution in [2.24, 2.45) is 5.73 Å². The summed E-state index contributed by atoms with van der Waals surface area (Å²) in [6.45, 7) is 3.00. The summed E-state index contributed by atoms with van der Waals surface area (Å²) in [6, 6.07) is 18.0. The number of rotatable bonds is 3. The summed E-state index contributed by atoms with van der Waals surface area (Å²) in [4.78, 5) is 17.2. The van der Waals surface area contributed by atoms with Crippen LogP contribution in [0, 0.1) is 0 Å². The predicted octanol–water partition coefficient (Wildman–Crippen LogP) is 2.27. The Kier molecular flexibility index (Phi) is 4.74. The molecule has 1 heterocycles. The molecule has 3 rings (SSSR count). The fourth-order valence-corrected chi connectivity index (χ4v) is 3.07. The summed E-state index contributed by atoms with van der Waals surface area (Å²) in [6.07, 6.45) is 0. The Bertz CT molecular complexity index is 654. The number of hydrogen-bond acceptors (Lipinski definition) is 3. The number of benzene rings is 2. The average molecular weight is 309 g/mol. The summed E-state index contributed by atoms with van der Waals surface area (Å²) < 4.78 is 0. The van der Waals surface area contributed by atoms with E-state index in [-0.39, 0.29) is 11.9 Å². The molecule has 23 heavy (non-hydrogen) atoms. The predicted molar refractivity (Wildman–Crippen MR) is 92.0 cm³/mol. The smallest absolute Gasteiger partial charge is 0.254 e. The number of amides is 1. The molecule has 1 aliphatic heterocycles. The maximum atomic E-state index is 13.0. The van der Waals surface area contributed by atoms with Crippen LogP contribution in [0.1, 0.15) is 27.5 Å². The Morgan fingerprint density at radius 1 is 1.09 bits per heavy atom. The van der Waals surface area contributed by atoms with Crippen LogP contribution < -0.4 is 5.73 Å². The van der Waals surface area contributed by atoms with Crippen molar-refractivity contribution in [1.82, 2.24) is 9.80 Å². The minimum Gasteiger partial charge on any atom is -0.329 e. The first kappa shape index (κ1) is 15.7. The molecule has 0 spiro atoms. The van der Waals surface area contributed by atoms with Gasteiger partial charge in [-0.15, -0.1) is 0 Å². The van der Waals surface area contributed by atoms with E-state index in [0.29, 0.717) is 6.54 Å². The Hall–Kier alpha value is -2.17. The average Bonchev–Trinajstić information content (AvgIpc) is 2.62. The van der Waals surface area contributed by atoms with Crippen molar-refractivity contribution in [1.29, 1.82) is 0 Å². The molecular formula is C19H23N3O. The first-order valence-electron chi connectivity index (χ1n) is 8.02. The molecule has 1 atom stereocenters. The molecule has 0 bridgehead atoms. The van der Waals surface area contributed by atoms with Gasteiger partial charge in [0.15, 0.2) is 0 Å². The lowest BCUT2D eigenvalue weighted by Crippen LogP contribution is -2.49. The summed E-state index contributed by atoms with van der Waals surface area (Å²) in [5.41, 5.74) is 8.59. The molecule has 4 nitrogen and oxygen atoms in total. The molecule has 0 radical (unpaired) electrons. The van der Waals surface area contributed by atoms with Gasteiger partial charge >= 0.3 is 0 Å². The van der Waals surface area contributed by atoms with Gasteiger partial charge in [-0.05, 0) is 30.3 Å². The highest BCUT2D eigenvalue weighted by Gasteiger charge is 2.30. The van der Waals surface area contributed by atoms with Crippen LogP contribution in [0.25, 0.3) is 0 Å². The van der Waals surface area contributed by atoms with Gasteiger partial charge in [0.25, 0.3) is 5.91 Å². The molecule has 1 unspecified atom stereocenters. The third kappa shape index (κ3) is 3.44. The number of piperazine rings is 1. The number of nitrogens with two attached hydrogens (primary N) is 1. The zero-order valence-electron chi connectivity index (χ0n) is 13.5. The molecule has 0 saturated carbocycles. The summed E-state index contributed by atoms with van der Waals surface area (Å²) in [7, 11) is 2.10.